The number of aromatic hydroxyl groups is 1. The van der Waals surface area contributed by atoms with Crippen LogP contribution < -0.4 is 5.63 Å². The lowest BCUT2D eigenvalue weighted by Crippen LogP contribution is -2.26. The monoisotopic (exact) mass is 431 g/mol. The minimum absolute atomic E-state index is 0.108. The summed E-state index contributed by atoms with van der Waals surface area (Å²) in [6.45, 7) is 12.1. The lowest BCUT2D eigenvalue weighted by atomic mass is 9.98. The standard InChI is InChI=1S/C25H37NO5/c1-6-8-12-26(13-9-7-2)16-21-24(29)19(10-11-22(27)30-17(3)4)15-20-18(5)14-23(28)31-25(20)21/h14-15,17,29H,6-13,16H2,1-5H3. The van der Waals surface area contributed by atoms with E-state index < -0.39 is 5.63 Å². The van der Waals surface area contributed by atoms with Gasteiger partial charge in [0.2, 0.25) is 0 Å². The molecule has 0 aliphatic heterocycles. The molecule has 0 amide bonds. The molecule has 0 saturated carbocycles. The van der Waals surface area contributed by atoms with Gasteiger partial charge in [0.05, 0.1) is 11.7 Å². The zero-order valence-electron chi connectivity index (χ0n) is 19.6. The predicted octanol–water partition coefficient (Wildman–Crippen LogP) is 5.09. The van der Waals surface area contributed by atoms with Gasteiger partial charge in [0.25, 0.3) is 0 Å². The molecule has 0 aliphatic rings. The van der Waals surface area contributed by atoms with Crippen LogP contribution >= 0.6 is 0 Å². The minimum Gasteiger partial charge on any atom is -0.507 e. The minimum atomic E-state index is -0.424. The molecule has 2 aromatic rings. The molecule has 2 rings (SSSR count). The van der Waals surface area contributed by atoms with E-state index in [-0.39, 0.29) is 24.2 Å². The van der Waals surface area contributed by atoms with Crippen LogP contribution in [0.1, 0.15) is 76.5 Å². The van der Waals surface area contributed by atoms with E-state index in [0.29, 0.717) is 29.7 Å². The molecule has 1 N–H and O–H groups in total. The van der Waals surface area contributed by atoms with Gasteiger partial charge in [0, 0.05) is 24.4 Å². The molecule has 0 spiro atoms. The van der Waals surface area contributed by atoms with Crippen molar-refractivity contribution < 1.29 is 19.1 Å². The highest BCUT2D eigenvalue weighted by molar-refractivity contribution is 5.86. The van der Waals surface area contributed by atoms with Crippen LogP contribution in [0.5, 0.6) is 5.75 Å². The third kappa shape index (κ3) is 7.10. The predicted molar refractivity (Wildman–Crippen MR) is 124 cm³/mol. The van der Waals surface area contributed by atoms with Crippen LogP contribution in [0.4, 0.5) is 0 Å². The lowest BCUT2D eigenvalue weighted by Gasteiger charge is -2.24. The Morgan fingerprint density at radius 2 is 1.81 bits per heavy atom. The maximum Gasteiger partial charge on any atom is 0.336 e. The van der Waals surface area contributed by atoms with E-state index in [1.165, 1.54) is 6.07 Å². The number of hydrogen-bond acceptors (Lipinski definition) is 6. The fraction of sp³-hybridized carbons (Fsp3) is 0.600. The molecule has 0 fully saturated rings. The number of fused-ring (bicyclic) bond motifs is 1. The number of esters is 1. The van der Waals surface area contributed by atoms with Crippen molar-refractivity contribution in [1.29, 1.82) is 0 Å². The first-order valence-electron chi connectivity index (χ1n) is 11.5. The van der Waals surface area contributed by atoms with Gasteiger partial charge in [-0.1, -0.05) is 26.7 Å². The van der Waals surface area contributed by atoms with Crippen molar-refractivity contribution in [2.24, 2.45) is 0 Å². The summed E-state index contributed by atoms with van der Waals surface area (Å²) in [7, 11) is 0. The maximum atomic E-state index is 12.1. The van der Waals surface area contributed by atoms with Crippen LogP contribution in [0.25, 0.3) is 11.0 Å². The number of ether oxygens (including phenoxy) is 1. The number of carbonyl (C=O) groups excluding carboxylic acids is 1. The molecular weight excluding hydrogens is 394 g/mol. The molecule has 1 aromatic heterocycles. The van der Waals surface area contributed by atoms with Crippen molar-refractivity contribution in [3.8, 4) is 5.75 Å². The van der Waals surface area contributed by atoms with Crippen molar-refractivity contribution in [3.05, 3.63) is 39.2 Å². The Kier molecular flexibility index (Phi) is 9.56. The van der Waals surface area contributed by atoms with Gasteiger partial charge in [-0.05, 0) is 70.3 Å². The Morgan fingerprint density at radius 3 is 2.39 bits per heavy atom. The summed E-state index contributed by atoms with van der Waals surface area (Å²) in [5, 5.41) is 11.9. The molecule has 0 aliphatic carbocycles. The fourth-order valence-corrected chi connectivity index (χ4v) is 3.72. The van der Waals surface area contributed by atoms with Gasteiger partial charge >= 0.3 is 11.6 Å². The van der Waals surface area contributed by atoms with Crippen molar-refractivity contribution in [1.82, 2.24) is 4.90 Å². The molecule has 0 saturated heterocycles. The van der Waals surface area contributed by atoms with Gasteiger partial charge in [0.15, 0.2) is 0 Å². The van der Waals surface area contributed by atoms with Crippen molar-refractivity contribution >= 4 is 16.9 Å². The van der Waals surface area contributed by atoms with Crippen molar-refractivity contribution in [2.75, 3.05) is 13.1 Å². The molecule has 1 aromatic carbocycles. The highest BCUT2D eigenvalue weighted by atomic mass is 16.5. The van der Waals surface area contributed by atoms with E-state index in [2.05, 4.69) is 18.7 Å². The molecule has 6 nitrogen and oxygen atoms in total. The van der Waals surface area contributed by atoms with Crippen LogP contribution in [0, 0.1) is 6.92 Å². The first-order chi connectivity index (χ1) is 14.8. The molecule has 1 heterocycles. The summed E-state index contributed by atoms with van der Waals surface area (Å²) < 4.78 is 10.8. The summed E-state index contributed by atoms with van der Waals surface area (Å²) in [4.78, 5) is 26.4. The third-order valence-corrected chi connectivity index (χ3v) is 5.39. The zero-order valence-corrected chi connectivity index (χ0v) is 19.6. The van der Waals surface area contributed by atoms with Crippen LogP contribution in [0.15, 0.2) is 21.3 Å². The number of nitrogens with zero attached hydrogens (tertiary/aromatic N) is 1. The normalized spacial score (nSPS) is 11.6. The number of hydrogen-bond donors (Lipinski definition) is 1. The van der Waals surface area contributed by atoms with Gasteiger partial charge in [-0.25, -0.2) is 4.79 Å². The summed E-state index contributed by atoms with van der Waals surface area (Å²) in [6.07, 6.45) is 4.67. The van der Waals surface area contributed by atoms with E-state index in [1.54, 1.807) is 0 Å². The van der Waals surface area contributed by atoms with E-state index >= 15 is 0 Å². The smallest absolute Gasteiger partial charge is 0.336 e. The zero-order chi connectivity index (χ0) is 23.0. The van der Waals surface area contributed by atoms with Crippen molar-refractivity contribution in [3.63, 3.8) is 0 Å². The first-order valence-corrected chi connectivity index (χ1v) is 11.5. The summed E-state index contributed by atoms with van der Waals surface area (Å²) in [5.74, 6) is -0.184. The second kappa shape index (κ2) is 11.9. The van der Waals surface area contributed by atoms with E-state index in [1.807, 2.05) is 26.8 Å². The molecule has 6 heteroatoms. The number of rotatable bonds is 12. The average molecular weight is 432 g/mol. The second-order valence-corrected chi connectivity index (χ2v) is 8.51. The summed E-state index contributed by atoms with van der Waals surface area (Å²) in [5.41, 5.74) is 2.11. The highest BCUT2D eigenvalue weighted by Gasteiger charge is 2.20. The van der Waals surface area contributed by atoms with E-state index in [4.69, 9.17) is 9.15 Å². The number of unbranched alkanes of at least 4 members (excludes halogenated alkanes) is 2. The van der Waals surface area contributed by atoms with Gasteiger partial charge in [-0.3, -0.25) is 9.69 Å². The van der Waals surface area contributed by atoms with Gasteiger partial charge < -0.3 is 14.3 Å². The third-order valence-electron chi connectivity index (χ3n) is 5.39. The lowest BCUT2D eigenvalue weighted by molar-refractivity contribution is -0.147. The average Bonchev–Trinajstić information content (AvgIpc) is 2.70. The van der Waals surface area contributed by atoms with Crippen LogP contribution in [-0.2, 0) is 22.5 Å². The summed E-state index contributed by atoms with van der Waals surface area (Å²) in [6, 6.07) is 3.30. The number of benzene rings is 1. The Labute approximate surface area is 185 Å². The molecule has 31 heavy (non-hydrogen) atoms. The van der Waals surface area contributed by atoms with Gasteiger partial charge in [-0.15, -0.1) is 0 Å². The van der Waals surface area contributed by atoms with Gasteiger partial charge in [-0.2, -0.15) is 0 Å². The number of phenols is 1. The Hall–Kier alpha value is -2.34. The number of phenolic OH excluding ortho intramolecular Hbond substituents is 1. The molecule has 0 atom stereocenters. The number of aryl methyl sites for hydroxylation is 2. The van der Waals surface area contributed by atoms with E-state index in [9.17, 15) is 14.7 Å². The quantitative estimate of drug-likeness (QED) is 0.372. The largest absolute Gasteiger partial charge is 0.507 e. The Bertz CT molecular complexity index is 924. The molecule has 172 valence electrons. The molecule has 0 bridgehead atoms. The SMILES string of the molecule is CCCCN(CCCC)Cc1c(O)c(CCC(=O)OC(C)C)cc2c(C)cc(=O)oc12. The molecular formula is C25H37NO5. The molecule has 0 radical (unpaired) electrons. The molecule has 0 unspecified atom stereocenters. The number of carbonyl (C=O) groups is 1. The second-order valence-electron chi connectivity index (χ2n) is 8.51. The van der Waals surface area contributed by atoms with E-state index in [0.717, 1.165) is 49.7 Å². The first kappa shape index (κ1) is 24.9. The Morgan fingerprint density at radius 1 is 1.16 bits per heavy atom. The van der Waals surface area contributed by atoms with Crippen LogP contribution in [0.2, 0.25) is 0 Å². The highest BCUT2D eigenvalue weighted by Crippen LogP contribution is 2.34. The Balaban J connectivity index is 2.46. The van der Waals surface area contributed by atoms with Gasteiger partial charge in [0.1, 0.15) is 11.3 Å². The maximum absolute atomic E-state index is 12.1. The van der Waals surface area contributed by atoms with Crippen LogP contribution in [-0.4, -0.2) is 35.2 Å². The summed E-state index contributed by atoms with van der Waals surface area (Å²) >= 11 is 0. The van der Waals surface area contributed by atoms with Crippen molar-refractivity contribution in [2.45, 2.75) is 85.8 Å². The topological polar surface area (TPSA) is 80.0 Å². The van der Waals surface area contributed by atoms with Crippen LogP contribution in [0.3, 0.4) is 0 Å². The fourth-order valence-electron chi connectivity index (χ4n) is 3.72.